The van der Waals surface area contributed by atoms with Crippen molar-refractivity contribution in [1.82, 2.24) is 24.6 Å². The molecule has 0 aliphatic carbocycles. The molecule has 4 aromatic rings. The molecule has 1 fully saturated rings. The number of aromatic nitrogens is 3. The van der Waals surface area contributed by atoms with Crippen LogP contribution in [0.1, 0.15) is 56.0 Å². The van der Waals surface area contributed by atoms with E-state index in [-0.39, 0.29) is 0 Å². The molecule has 0 spiro atoms. The van der Waals surface area contributed by atoms with Crippen LogP contribution in [0.2, 0.25) is 0 Å². The van der Waals surface area contributed by atoms with Gasteiger partial charge in [0.05, 0.1) is 27.3 Å². The van der Waals surface area contributed by atoms with Crippen LogP contribution < -0.4 is 5.32 Å². The zero-order chi connectivity index (χ0) is 24.5. The average Bonchev–Trinajstić information content (AvgIpc) is 3.66. The first-order chi connectivity index (χ1) is 17.6. The van der Waals surface area contributed by atoms with Crippen molar-refractivity contribution < 1.29 is 0 Å². The first-order valence-electron chi connectivity index (χ1n) is 13.4. The molecular weight excluding hydrogens is 464 g/mol. The molecule has 2 aliphatic rings. The molecule has 36 heavy (non-hydrogen) atoms. The van der Waals surface area contributed by atoms with E-state index in [9.17, 15) is 0 Å². The number of anilines is 1. The van der Waals surface area contributed by atoms with Gasteiger partial charge in [-0.1, -0.05) is 24.3 Å². The van der Waals surface area contributed by atoms with Gasteiger partial charge in [-0.05, 0) is 75.8 Å². The molecule has 2 aliphatic heterocycles. The molecule has 5 heterocycles. The maximum atomic E-state index is 4.97. The topological polar surface area (TPSA) is 49.2 Å². The highest BCUT2D eigenvalue weighted by molar-refractivity contribution is 7.17. The van der Waals surface area contributed by atoms with E-state index >= 15 is 0 Å². The van der Waals surface area contributed by atoms with Crippen LogP contribution in [0.3, 0.4) is 0 Å². The van der Waals surface area contributed by atoms with Crippen LogP contribution in [0.25, 0.3) is 21.5 Å². The van der Waals surface area contributed by atoms with E-state index < -0.39 is 0 Å². The second-order valence-corrected chi connectivity index (χ2v) is 11.5. The number of rotatable bonds is 9. The SMILES string of the molecule is CC(C)n1cc2c(n1)CN(Cc1ccc(-c3cc(NCCCN4CCCC4)c4sccc4n3)cc1)C2. The molecule has 6 nitrogen and oxygen atoms in total. The summed E-state index contributed by atoms with van der Waals surface area (Å²) in [4.78, 5) is 10.0. The fourth-order valence-corrected chi connectivity index (χ4v) is 6.25. The molecule has 3 aromatic heterocycles. The lowest BCUT2D eigenvalue weighted by atomic mass is 10.1. The molecule has 0 saturated carbocycles. The Kier molecular flexibility index (Phi) is 6.78. The summed E-state index contributed by atoms with van der Waals surface area (Å²) in [6.45, 7) is 11.9. The minimum absolute atomic E-state index is 0.421. The molecular formula is C29H36N6S. The van der Waals surface area contributed by atoms with Crippen molar-refractivity contribution >= 4 is 27.2 Å². The summed E-state index contributed by atoms with van der Waals surface area (Å²) in [6, 6.07) is 13.7. The van der Waals surface area contributed by atoms with Crippen LogP contribution in [-0.2, 0) is 19.6 Å². The number of likely N-dealkylation sites (tertiary alicyclic amines) is 1. The van der Waals surface area contributed by atoms with Gasteiger partial charge in [-0.3, -0.25) is 9.58 Å². The lowest BCUT2D eigenvalue weighted by Crippen LogP contribution is -2.22. The average molecular weight is 501 g/mol. The zero-order valence-electron chi connectivity index (χ0n) is 21.4. The fourth-order valence-electron chi connectivity index (χ4n) is 5.42. The highest BCUT2D eigenvalue weighted by atomic mass is 32.1. The number of hydrogen-bond acceptors (Lipinski definition) is 6. The minimum Gasteiger partial charge on any atom is -0.384 e. The Bertz CT molecular complexity index is 1290. The molecule has 0 radical (unpaired) electrons. The molecule has 0 unspecified atom stereocenters. The summed E-state index contributed by atoms with van der Waals surface area (Å²) < 4.78 is 3.34. The summed E-state index contributed by atoms with van der Waals surface area (Å²) in [5.41, 5.74) is 8.43. The smallest absolute Gasteiger partial charge is 0.0838 e. The van der Waals surface area contributed by atoms with E-state index in [4.69, 9.17) is 10.1 Å². The normalized spacial score (nSPS) is 16.4. The maximum absolute atomic E-state index is 4.97. The van der Waals surface area contributed by atoms with Crippen molar-refractivity contribution in [1.29, 1.82) is 0 Å². The van der Waals surface area contributed by atoms with Crippen LogP contribution in [0.15, 0.2) is 48.0 Å². The Labute approximate surface area is 217 Å². The van der Waals surface area contributed by atoms with E-state index in [1.165, 1.54) is 71.7 Å². The largest absolute Gasteiger partial charge is 0.384 e. The van der Waals surface area contributed by atoms with Crippen LogP contribution >= 0.6 is 11.3 Å². The predicted molar refractivity (Wildman–Crippen MR) is 149 cm³/mol. The molecule has 0 atom stereocenters. The molecule has 0 bridgehead atoms. The highest BCUT2D eigenvalue weighted by Crippen LogP contribution is 2.32. The van der Waals surface area contributed by atoms with Crippen LogP contribution in [-0.4, -0.2) is 50.7 Å². The third-order valence-electron chi connectivity index (χ3n) is 7.42. The van der Waals surface area contributed by atoms with Gasteiger partial charge >= 0.3 is 0 Å². The molecule has 7 heteroatoms. The van der Waals surface area contributed by atoms with Crippen molar-refractivity contribution in [2.24, 2.45) is 0 Å². The van der Waals surface area contributed by atoms with Crippen LogP contribution in [0.4, 0.5) is 5.69 Å². The van der Waals surface area contributed by atoms with Crippen LogP contribution in [0, 0.1) is 0 Å². The molecule has 1 N–H and O–H groups in total. The third kappa shape index (κ3) is 5.05. The monoisotopic (exact) mass is 500 g/mol. The minimum atomic E-state index is 0.421. The predicted octanol–water partition coefficient (Wildman–Crippen LogP) is 6.15. The molecule has 0 amide bonds. The standard InChI is InChI=1S/C29H36N6S/c1-21(2)35-19-24-18-34(20-28(24)32-35)17-22-6-8-23(9-7-22)26-16-27(29-25(31-26)10-15-36-29)30-11-5-14-33-12-3-4-13-33/h6-10,15-16,19,21H,3-5,11-14,17-18,20H2,1-2H3,(H,30,31). The Hall–Kier alpha value is -2.74. The van der Waals surface area contributed by atoms with Crippen molar-refractivity contribution in [3.8, 4) is 11.3 Å². The molecule has 6 rings (SSSR count). The van der Waals surface area contributed by atoms with Gasteiger partial charge in [0.2, 0.25) is 0 Å². The van der Waals surface area contributed by atoms with Crippen molar-refractivity contribution in [3.05, 3.63) is 64.8 Å². The molecule has 188 valence electrons. The Balaban J connectivity index is 1.11. The van der Waals surface area contributed by atoms with Gasteiger partial charge in [0.1, 0.15) is 0 Å². The second-order valence-electron chi connectivity index (χ2n) is 10.5. The number of hydrogen-bond donors (Lipinski definition) is 1. The van der Waals surface area contributed by atoms with Crippen molar-refractivity contribution in [3.63, 3.8) is 0 Å². The lowest BCUT2D eigenvalue weighted by molar-refractivity contribution is 0.269. The first kappa shape index (κ1) is 23.6. The van der Waals surface area contributed by atoms with E-state index in [0.717, 1.165) is 37.4 Å². The Morgan fingerprint density at radius 2 is 1.86 bits per heavy atom. The van der Waals surface area contributed by atoms with E-state index in [1.807, 2.05) is 0 Å². The number of benzene rings is 1. The quantitative estimate of drug-likeness (QED) is 0.279. The van der Waals surface area contributed by atoms with E-state index in [0.29, 0.717) is 6.04 Å². The van der Waals surface area contributed by atoms with Crippen molar-refractivity contribution in [2.75, 3.05) is 31.5 Å². The number of nitrogens with zero attached hydrogens (tertiary/aromatic N) is 5. The number of fused-ring (bicyclic) bond motifs is 2. The van der Waals surface area contributed by atoms with Gasteiger partial charge in [-0.25, -0.2) is 4.98 Å². The van der Waals surface area contributed by atoms with Gasteiger partial charge in [-0.15, -0.1) is 11.3 Å². The summed E-state index contributed by atoms with van der Waals surface area (Å²) in [6.07, 6.45) is 6.11. The van der Waals surface area contributed by atoms with Gasteiger partial charge in [-0.2, -0.15) is 5.10 Å². The zero-order valence-corrected chi connectivity index (χ0v) is 22.2. The number of nitrogens with one attached hydrogen (secondary N) is 1. The summed E-state index contributed by atoms with van der Waals surface area (Å²) in [5, 5.41) is 10.6. The van der Waals surface area contributed by atoms with Gasteiger partial charge in [0, 0.05) is 49.5 Å². The first-order valence-corrected chi connectivity index (χ1v) is 14.2. The summed E-state index contributed by atoms with van der Waals surface area (Å²) >= 11 is 1.77. The molecule has 1 saturated heterocycles. The number of pyridine rings is 1. The van der Waals surface area contributed by atoms with Crippen molar-refractivity contribution in [2.45, 2.75) is 58.8 Å². The summed E-state index contributed by atoms with van der Waals surface area (Å²) in [7, 11) is 0. The Morgan fingerprint density at radius 3 is 2.64 bits per heavy atom. The Morgan fingerprint density at radius 1 is 1.03 bits per heavy atom. The molecule has 1 aromatic carbocycles. The van der Waals surface area contributed by atoms with Crippen LogP contribution in [0.5, 0.6) is 0 Å². The van der Waals surface area contributed by atoms with Gasteiger partial charge in [0.25, 0.3) is 0 Å². The summed E-state index contributed by atoms with van der Waals surface area (Å²) in [5.74, 6) is 0. The van der Waals surface area contributed by atoms with E-state index in [2.05, 4.69) is 81.6 Å². The lowest BCUT2D eigenvalue weighted by Gasteiger charge is -2.16. The van der Waals surface area contributed by atoms with E-state index in [1.54, 1.807) is 11.3 Å². The van der Waals surface area contributed by atoms with Gasteiger partial charge < -0.3 is 10.2 Å². The fraction of sp³-hybridized carbons (Fsp3) is 0.448. The second kappa shape index (κ2) is 10.3. The van der Waals surface area contributed by atoms with Gasteiger partial charge in [0.15, 0.2) is 0 Å². The maximum Gasteiger partial charge on any atom is 0.0838 e. The third-order valence-corrected chi connectivity index (χ3v) is 8.36. The highest BCUT2D eigenvalue weighted by Gasteiger charge is 2.23. The number of thiophene rings is 1.